The number of anilines is 1. The van der Waals surface area contributed by atoms with Gasteiger partial charge in [-0.25, -0.2) is 0 Å². The lowest BCUT2D eigenvalue weighted by atomic mass is 9.99. The van der Waals surface area contributed by atoms with Gasteiger partial charge < -0.3 is 15.4 Å². The minimum atomic E-state index is -0.0749. The van der Waals surface area contributed by atoms with E-state index < -0.39 is 0 Å². The van der Waals surface area contributed by atoms with Crippen molar-refractivity contribution in [1.29, 1.82) is 0 Å². The van der Waals surface area contributed by atoms with E-state index in [1.54, 1.807) is 13.0 Å². The molecule has 0 spiro atoms. The predicted molar refractivity (Wildman–Crippen MR) is 144 cm³/mol. The van der Waals surface area contributed by atoms with Crippen molar-refractivity contribution in [3.05, 3.63) is 83.2 Å². The van der Waals surface area contributed by atoms with Crippen molar-refractivity contribution in [2.75, 3.05) is 5.73 Å². The van der Waals surface area contributed by atoms with Crippen LogP contribution in [0.1, 0.15) is 22.5 Å². The quantitative estimate of drug-likeness (QED) is 0.188. The molecule has 0 aliphatic carbocycles. The van der Waals surface area contributed by atoms with Crippen LogP contribution in [-0.4, -0.2) is 15.2 Å². The largest absolute Gasteiger partial charge is 0.505 e. The Bertz CT molecular complexity index is 1690. The molecule has 0 atom stereocenters. The van der Waals surface area contributed by atoms with Crippen LogP contribution in [0.2, 0.25) is 0 Å². The highest BCUT2D eigenvalue weighted by atomic mass is 16.5. The van der Waals surface area contributed by atoms with Gasteiger partial charge in [0, 0.05) is 0 Å². The zero-order valence-corrected chi connectivity index (χ0v) is 20.9. The maximum Gasteiger partial charge on any atom is 0.260 e. The first kappa shape index (κ1) is 23.8. The number of aromatic hydroxyl groups is 1. The monoisotopic (exact) mass is 491 g/mol. The number of fused-ring (bicyclic) bond motifs is 1. The van der Waals surface area contributed by atoms with Crippen LogP contribution in [0.5, 0.6) is 5.75 Å². The summed E-state index contributed by atoms with van der Waals surface area (Å²) >= 11 is 0. The number of hydrogen-bond donors (Lipinski definition) is 2. The fraction of sp³-hybridized carbons (Fsp3) is 0.143. The van der Waals surface area contributed by atoms with Crippen LogP contribution in [-0.2, 0) is 0 Å². The summed E-state index contributed by atoms with van der Waals surface area (Å²) in [6, 6.07) is 18.8. The minimum Gasteiger partial charge on any atom is -0.505 e. The van der Waals surface area contributed by atoms with Crippen molar-refractivity contribution in [2.24, 2.45) is 20.5 Å². The highest BCUT2D eigenvalue weighted by Gasteiger charge is 2.18. The molecule has 0 aliphatic heterocycles. The van der Waals surface area contributed by atoms with E-state index in [2.05, 4.69) is 30.6 Å². The lowest BCUT2D eigenvalue weighted by Gasteiger charge is -2.13. The average molecular weight is 492 g/mol. The number of nitrogens with two attached hydrogens (primary N) is 1. The standard InChI is InChI=1S/C28H25N7O2/c1-15-9-11-20(12-10-15)31-33-25-16(2)13-19-14-17(3)26(27(36)23(19)24(25)29)34-32-22-8-6-5-7-21(22)28-30-18(4)35-37-28/h5-14,36H,29H2,1-4H3. The Labute approximate surface area is 213 Å². The third-order valence-electron chi connectivity index (χ3n) is 5.98. The Hall–Kier alpha value is -4.92. The van der Waals surface area contributed by atoms with Gasteiger partial charge in [-0.1, -0.05) is 35.0 Å². The normalized spacial score (nSPS) is 11.8. The number of azo groups is 2. The van der Waals surface area contributed by atoms with Gasteiger partial charge in [0.1, 0.15) is 11.4 Å². The van der Waals surface area contributed by atoms with E-state index in [-0.39, 0.29) is 5.75 Å². The first-order valence-corrected chi connectivity index (χ1v) is 11.7. The molecule has 0 amide bonds. The SMILES string of the molecule is Cc1ccc(N=Nc2c(C)cc3cc(C)c(N=Nc4ccccc4-c4nc(C)no4)c(O)c3c2N)cc1. The van der Waals surface area contributed by atoms with E-state index in [1.165, 1.54) is 0 Å². The van der Waals surface area contributed by atoms with Gasteiger partial charge in [-0.15, -0.1) is 15.3 Å². The Morgan fingerprint density at radius 1 is 0.811 bits per heavy atom. The van der Waals surface area contributed by atoms with Gasteiger partial charge in [-0.2, -0.15) is 10.1 Å². The molecule has 1 heterocycles. The topological polar surface area (TPSA) is 135 Å². The van der Waals surface area contributed by atoms with Crippen LogP contribution in [0.3, 0.4) is 0 Å². The number of nitrogens with zero attached hydrogens (tertiary/aromatic N) is 6. The summed E-state index contributed by atoms with van der Waals surface area (Å²) in [5.41, 5.74) is 12.2. The summed E-state index contributed by atoms with van der Waals surface area (Å²) in [5, 5.41) is 33.9. The number of aryl methyl sites for hydroxylation is 4. The van der Waals surface area contributed by atoms with E-state index in [1.807, 2.05) is 75.4 Å². The van der Waals surface area contributed by atoms with Crippen molar-refractivity contribution in [1.82, 2.24) is 10.1 Å². The molecule has 37 heavy (non-hydrogen) atoms. The van der Waals surface area contributed by atoms with Crippen LogP contribution >= 0.6 is 0 Å². The number of phenolic OH excluding ortho intramolecular Hbond substituents is 1. The molecule has 0 radical (unpaired) electrons. The second-order valence-electron chi connectivity index (χ2n) is 8.84. The number of hydrogen-bond acceptors (Lipinski definition) is 9. The van der Waals surface area contributed by atoms with Gasteiger partial charge >= 0.3 is 0 Å². The fourth-order valence-electron chi connectivity index (χ4n) is 4.08. The lowest BCUT2D eigenvalue weighted by Crippen LogP contribution is -1.92. The number of aromatic nitrogens is 2. The summed E-state index contributed by atoms with van der Waals surface area (Å²) in [6.45, 7) is 7.53. The Morgan fingerprint density at radius 3 is 2.19 bits per heavy atom. The molecular weight excluding hydrogens is 466 g/mol. The third-order valence-corrected chi connectivity index (χ3v) is 5.98. The minimum absolute atomic E-state index is 0.0749. The van der Waals surface area contributed by atoms with Crippen LogP contribution in [0.4, 0.5) is 28.4 Å². The van der Waals surface area contributed by atoms with E-state index >= 15 is 0 Å². The Kier molecular flexibility index (Phi) is 6.19. The van der Waals surface area contributed by atoms with Gasteiger partial charge in [0.05, 0.1) is 28.0 Å². The zero-order chi connectivity index (χ0) is 26.1. The number of rotatable bonds is 5. The van der Waals surface area contributed by atoms with E-state index in [9.17, 15) is 5.11 Å². The molecule has 9 heteroatoms. The summed E-state index contributed by atoms with van der Waals surface area (Å²) in [6.07, 6.45) is 0. The third kappa shape index (κ3) is 4.66. The summed E-state index contributed by atoms with van der Waals surface area (Å²) in [4.78, 5) is 4.28. The van der Waals surface area contributed by atoms with E-state index in [0.29, 0.717) is 51.1 Å². The molecular formula is C28H25N7O2. The highest BCUT2D eigenvalue weighted by molar-refractivity contribution is 6.06. The molecule has 184 valence electrons. The van der Waals surface area contributed by atoms with Crippen LogP contribution < -0.4 is 5.73 Å². The Morgan fingerprint density at radius 2 is 1.49 bits per heavy atom. The van der Waals surface area contributed by atoms with Crippen molar-refractivity contribution in [3.63, 3.8) is 0 Å². The number of phenols is 1. The molecule has 9 nitrogen and oxygen atoms in total. The fourth-order valence-corrected chi connectivity index (χ4v) is 4.08. The smallest absolute Gasteiger partial charge is 0.260 e. The van der Waals surface area contributed by atoms with Crippen molar-refractivity contribution >= 4 is 39.2 Å². The molecule has 0 fully saturated rings. The van der Waals surface area contributed by atoms with Gasteiger partial charge in [0.15, 0.2) is 11.6 Å². The highest BCUT2D eigenvalue weighted by Crippen LogP contribution is 2.46. The summed E-state index contributed by atoms with van der Waals surface area (Å²) < 4.78 is 5.30. The van der Waals surface area contributed by atoms with E-state index in [4.69, 9.17) is 10.3 Å². The molecule has 0 unspecified atom stereocenters. The molecule has 1 aromatic heterocycles. The van der Waals surface area contributed by atoms with Gasteiger partial charge in [0.25, 0.3) is 5.89 Å². The second-order valence-corrected chi connectivity index (χ2v) is 8.84. The molecule has 3 N–H and O–H groups in total. The second kappa shape index (κ2) is 9.62. The van der Waals surface area contributed by atoms with Crippen LogP contribution in [0.15, 0.2) is 85.6 Å². The van der Waals surface area contributed by atoms with Gasteiger partial charge in [-0.3, -0.25) is 0 Å². The Balaban J connectivity index is 1.58. The molecule has 4 aromatic carbocycles. The van der Waals surface area contributed by atoms with Crippen molar-refractivity contribution < 1.29 is 9.63 Å². The molecule has 5 aromatic rings. The molecule has 0 bridgehead atoms. The molecule has 0 aliphatic rings. The molecule has 5 rings (SSSR count). The molecule has 0 saturated carbocycles. The van der Waals surface area contributed by atoms with Gasteiger partial charge in [-0.05, 0) is 80.6 Å². The number of benzene rings is 4. The summed E-state index contributed by atoms with van der Waals surface area (Å²) in [5.74, 6) is 0.787. The van der Waals surface area contributed by atoms with Crippen LogP contribution in [0, 0.1) is 27.7 Å². The van der Waals surface area contributed by atoms with Crippen molar-refractivity contribution in [3.8, 4) is 17.2 Å². The summed E-state index contributed by atoms with van der Waals surface area (Å²) in [7, 11) is 0. The zero-order valence-electron chi connectivity index (χ0n) is 20.9. The maximum atomic E-state index is 11.3. The van der Waals surface area contributed by atoms with Gasteiger partial charge in [0.2, 0.25) is 0 Å². The van der Waals surface area contributed by atoms with E-state index in [0.717, 1.165) is 22.1 Å². The maximum absolute atomic E-state index is 11.3. The van der Waals surface area contributed by atoms with Crippen LogP contribution in [0.25, 0.3) is 22.2 Å². The lowest BCUT2D eigenvalue weighted by molar-refractivity contribution is 0.425. The average Bonchev–Trinajstić information content (AvgIpc) is 3.30. The first-order chi connectivity index (χ1) is 17.8. The first-order valence-electron chi connectivity index (χ1n) is 11.7. The molecule has 0 saturated heterocycles. The van der Waals surface area contributed by atoms with Crippen molar-refractivity contribution in [2.45, 2.75) is 27.7 Å². The number of nitrogen functional groups attached to an aromatic ring is 1. The predicted octanol–water partition coefficient (Wildman–Crippen LogP) is 8.24.